The molecule has 0 spiro atoms. The Morgan fingerprint density at radius 1 is 1.08 bits per heavy atom. The molecular weight excluding hydrogens is 386 g/mol. The summed E-state index contributed by atoms with van der Waals surface area (Å²) >= 11 is 6.14. The number of benzene rings is 2. The molecule has 9 heteroatoms. The number of halogens is 3. The average molecular weight is 401 g/mol. The first-order valence-corrected chi connectivity index (χ1v) is 9.83. The summed E-state index contributed by atoms with van der Waals surface area (Å²) in [6.45, 7) is 0.360. The second kappa shape index (κ2) is 7.20. The topological polar surface area (TPSA) is 66.5 Å². The number of hydrogen-bond donors (Lipinski definition) is 1. The molecule has 1 saturated heterocycles. The van der Waals surface area contributed by atoms with Crippen molar-refractivity contribution in [1.29, 1.82) is 0 Å². The molecule has 0 aliphatic carbocycles. The number of amides is 1. The summed E-state index contributed by atoms with van der Waals surface area (Å²) in [5.41, 5.74) is 0.557. The SMILES string of the molecule is O=C(Nc1ccc(F)c(F)c1)c1ccc(N2CCCCS2(=O)=O)cc1Cl. The van der Waals surface area contributed by atoms with Gasteiger partial charge in [-0.15, -0.1) is 0 Å². The number of carbonyl (C=O) groups is 1. The third-order valence-electron chi connectivity index (χ3n) is 4.01. The van der Waals surface area contributed by atoms with Crippen LogP contribution >= 0.6 is 11.6 Å². The van der Waals surface area contributed by atoms with Crippen molar-refractivity contribution in [3.8, 4) is 0 Å². The van der Waals surface area contributed by atoms with Crippen LogP contribution in [0.15, 0.2) is 36.4 Å². The lowest BCUT2D eigenvalue weighted by Gasteiger charge is -2.28. The van der Waals surface area contributed by atoms with Gasteiger partial charge in [0.05, 0.1) is 22.0 Å². The molecule has 1 heterocycles. The van der Waals surface area contributed by atoms with E-state index in [1.165, 1.54) is 28.6 Å². The van der Waals surface area contributed by atoms with E-state index in [0.717, 1.165) is 18.6 Å². The van der Waals surface area contributed by atoms with E-state index in [-0.39, 0.29) is 22.0 Å². The van der Waals surface area contributed by atoms with Crippen LogP contribution in [0.4, 0.5) is 20.2 Å². The third-order valence-corrected chi connectivity index (χ3v) is 6.19. The van der Waals surface area contributed by atoms with Gasteiger partial charge in [0.1, 0.15) is 0 Å². The van der Waals surface area contributed by atoms with Crippen LogP contribution in [0.1, 0.15) is 23.2 Å². The summed E-state index contributed by atoms with van der Waals surface area (Å²) in [6.07, 6.45) is 1.36. The van der Waals surface area contributed by atoms with Gasteiger partial charge >= 0.3 is 0 Å². The van der Waals surface area contributed by atoms with Crippen molar-refractivity contribution in [3.05, 3.63) is 58.6 Å². The molecule has 26 heavy (non-hydrogen) atoms. The summed E-state index contributed by atoms with van der Waals surface area (Å²) < 4.78 is 51.8. The van der Waals surface area contributed by atoms with Gasteiger partial charge in [-0.3, -0.25) is 9.10 Å². The Morgan fingerprint density at radius 2 is 1.85 bits per heavy atom. The quantitative estimate of drug-likeness (QED) is 0.852. The average Bonchev–Trinajstić information content (AvgIpc) is 2.57. The van der Waals surface area contributed by atoms with E-state index < -0.39 is 27.6 Å². The molecule has 138 valence electrons. The number of hydrogen-bond acceptors (Lipinski definition) is 3. The lowest BCUT2D eigenvalue weighted by molar-refractivity contribution is 0.102. The van der Waals surface area contributed by atoms with Crippen molar-refractivity contribution in [2.45, 2.75) is 12.8 Å². The molecule has 1 N–H and O–H groups in total. The molecule has 1 aliphatic rings. The summed E-state index contributed by atoms with van der Waals surface area (Å²) in [5.74, 6) is -2.65. The van der Waals surface area contributed by atoms with Crippen LogP contribution in [0.3, 0.4) is 0 Å². The van der Waals surface area contributed by atoms with Gasteiger partial charge in [-0.25, -0.2) is 17.2 Å². The highest BCUT2D eigenvalue weighted by atomic mass is 35.5. The van der Waals surface area contributed by atoms with Crippen molar-refractivity contribution < 1.29 is 22.0 Å². The molecule has 2 aromatic rings. The van der Waals surface area contributed by atoms with Gasteiger partial charge in [0, 0.05) is 18.3 Å². The summed E-state index contributed by atoms with van der Waals surface area (Å²) in [6, 6.07) is 7.28. The van der Waals surface area contributed by atoms with Crippen molar-refractivity contribution in [1.82, 2.24) is 0 Å². The Balaban J connectivity index is 1.83. The van der Waals surface area contributed by atoms with E-state index in [0.29, 0.717) is 18.7 Å². The molecule has 0 aromatic heterocycles. The molecule has 0 saturated carbocycles. The Kier molecular flexibility index (Phi) is 5.15. The molecule has 1 amide bonds. The highest BCUT2D eigenvalue weighted by molar-refractivity contribution is 7.92. The van der Waals surface area contributed by atoms with E-state index in [1.54, 1.807) is 0 Å². The molecule has 2 aromatic carbocycles. The fraction of sp³-hybridized carbons (Fsp3) is 0.235. The van der Waals surface area contributed by atoms with E-state index in [2.05, 4.69) is 5.32 Å². The predicted octanol–water partition coefficient (Wildman–Crippen LogP) is 3.80. The van der Waals surface area contributed by atoms with Crippen molar-refractivity contribution >= 4 is 38.9 Å². The third kappa shape index (κ3) is 3.81. The van der Waals surface area contributed by atoms with Crippen LogP contribution in [0.2, 0.25) is 5.02 Å². The monoisotopic (exact) mass is 400 g/mol. The fourth-order valence-electron chi connectivity index (χ4n) is 2.69. The number of rotatable bonds is 3. The fourth-order valence-corrected chi connectivity index (χ4v) is 4.59. The Hall–Kier alpha value is -2.19. The first-order chi connectivity index (χ1) is 12.3. The van der Waals surface area contributed by atoms with Gasteiger partial charge in [0.25, 0.3) is 5.91 Å². The number of nitrogens with zero attached hydrogens (tertiary/aromatic N) is 1. The zero-order valence-corrected chi connectivity index (χ0v) is 15.1. The molecule has 0 atom stereocenters. The second-order valence-corrected chi connectivity index (χ2v) is 8.26. The lowest BCUT2D eigenvalue weighted by Crippen LogP contribution is -2.37. The number of nitrogens with one attached hydrogen (secondary N) is 1. The van der Waals surface area contributed by atoms with E-state index in [1.807, 2.05) is 0 Å². The zero-order chi connectivity index (χ0) is 18.9. The molecular formula is C17H15ClF2N2O3S. The van der Waals surface area contributed by atoms with E-state index >= 15 is 0 Å². The van der Waals surface area contributed by atoms with Gasteiger partial charge in [-0.1, -0.05) is 11.6 Å². The number of sulfonamides is 1. The number of anilines is 2. The standard InChI is InChI=1S/C17H15ClF2N2O3S/c18-14-10-12(22-7-1-2-8-26(22,24)25)4-5-13(14)17(23)21-11-3-6-15(19)16(20)9-11/h3-6,9-10H,1-2,7-8H2,(H,21,23). The summed E-state index contributed by atoms with van der Waals surface area (Å²) in [4.78, 5) is 12.3. The Bertz CT molecular complexity index is 966. The maximum Gasteiger partial charge on any atom is 0.257 e. The first kappa shape index (κ1) is 18.6. The zero-order valence-electron chi connectivity index (χ0n) is 13.5. The van der Waals surface area contributed by atoms with Crippen LogP contribution in [-0.4, -0.2) is 26.6 Å². The van der Waals surface area contributed by atoms with E-state index in [4.69, 9.17) is 11.6 Å². The minimum absolute atomic E-state index is 0.0587. The van der Waals surface area contributed by atoms with Crippen LogP contribution in [0.5, 0.6) is 0 Å². The minimum atomic E-state index is -3.39. The molecule has 0 bridgehead atoms. The first-order valence-electron chi connectivity index (χ1n) is 7.84. The van der Waals surface area contributed by atoms with Crippen LogP contribution < -0.4 is 9.62 Å². The summed E-state index contributed by atoms with van der Waals surface area (Å²) in [5, 5.41) is 2.48. The van der Waals surface area contributed by atoms with Gasteiger partial charge in [0.15, 0.2) is 11.6 Å². The highest BCUT2D eigenvalue weighted by Crippen LogP contribution is 2.29. The molecule has 0 radical (unpaired) electrons. The van der Waals surface area contributed by atoms with Gasteiger partial charge in [-0.2, -0.15) is 0 Å². The Morgan fingerprint density at radius 3 is 2.50 bits per heavy atom. The normalized spacial score (nSPS) is 16.3. The van der Waals surface area contributed by atoms with Crippen LogP contribution in [-0.2, 0) is 10.0 Å². The van der Waals surface area contributed by atoms with Crippen LogP contribution in [0, 0.1) is 11.6 Å². The largest absolute Gasteiger partial charge is 0.322 e. The minimum Gasteiger partial charge on any atom is -0.322 e. The van der Waals surface area contributed by atoms with E-state index in [9.17, 15) is 22.0 Å². The van der Waals surface area contributed by atoms with Gasteiger partial charge in [-0.05, 0) is 43.2 Å². The molecule has 1 aliphatic heterocycles. The number of carbonyl (C=O) groups excluding carboxylic acids is 1. The lowest BCUT2D eigenvalue weighted by atomic mass is 10.1. The van der Waals surface area contributed by atoms with Crippen molar-refractivity contribution in [2.75, 3.05) is 21.9 Å². The van der Waals surface area contributed by atoms with Crippen molar-refractivity contribution in [3.63, 3.8) is 0 Å². The van der Waals surface area contributed by atoms with Crippen LogP contribution in [0.25, 0.3) is 0 Å². The Labute approximate surface area is 154 Å². The van der Waals surface area contributed by atoms with Gasteiger partial charge < -0.3 is 5.32 Å². The second-order valence-electron chi connectivity index (χ2n) is 5.84. The maximum absolute atomic E-state index is 13.2. The predicted molar refractivity (Wildman–Crippen MR) is 96.1 cm³/mol. The molecule has 0 unspecified atom stereocenters. The van der Waals surface area contributed by atoms with Gasteiger partial charge in [0.2, 0.25) is 10.0 Å². The molecule has 5 nitrogen and oxygen atoms in total. The highest BCUT2D eigenvalue weighted by Gasteiger charge is 2.26. The van der Waals surface area contributed by atoms with Crippen molar-refractivity contribution in [2.24, 2.45) is 0 Å². The maximum atomic E-state index is 13.2. The summed E-state index contributed by atoms with van der Waals surface area (Å²) in [7, 11) is -3.39. The molecule has 3 rings (SSSR count). The molecule has 1 fully saturated rings. The smallest absolute Gasteiger partial charge is 0.257 e.